The zero-order chi connectivity index (χ0) is 22.6. The van der Waals surface area contributed by atoms with Crippen LogP contribution in [0.15, 0.2) is 65.6 Å². The van der Waals surface area contributed by atoms with E-state index in [9.17, 15) is 0 Å². The van der Waals surface area contributed by atoms with E-state index < -0.39 is 0 Å². The molecule has 162 valence electrons. The molecule has 5 rings (SSSR count). The highest BCUT2D eigenvalue weighted by Gasteiger charge is 2.17. The first-order valence-corrected chi connectivity index (χ1v) is 10.1. The summed E-state index contributed by atoms with van der Waals surface area (Å²) in [5.41, 5.74) is 2.00. The third-order valence-corrected chi connectivity index (χ3v) is 4.92. The average Bonchev–Trinajstić information content (AvgIpc) is 3.51. The quantitative estimate of drug-likeness (QED) is 0.372. The van der Waals surface area contributed by atoms with Gasteiger partial charge in [-0.25, -0.2) is 15.0 Å². The highest BCUT2D eigenvalue weighted by molar-refractivity contribution is 6.32. The molecule has 0 N–H and O–H groups in total. The lowest BCUT2D eigenvalue weighted by atomic mass is 10.3. The van der Waals surface area contributed by atoms with Crippen LogP contribution in [0.2, 0.25) is 5.02 Å². The van der Waals surface area contributed by atoms with Crippen LogP contribution in [0, 0.1) is 0 Å². The Bertz CT molecular complexity index is 1430. The van der Waals surface area contributed by atoms with Gasteiger partial charge in [0.05, 0.1) is 17.8 Å². The Kier molecular flexibility index (Phi) is 5.56. The maximum absolute atomic E-state index is 6.47. The van der Waals surface area contributed by atoms with Crippen molar-refractivity contribution < 1.29 is 9.15 Å². The third-order valence-electron chi connectivity index (χ3n) is 4.60. The highest BCUT2D eigenvalue weighted by atomic mass is 35.5. The summed E-state index contributed by atoms with van der Waals surface area (Å²) in [4.78, 5) is 12.3. The zero-order valence-electron chi connectivity index (χ0n) is 17.2. The first-order chi connectivity index (χ1) is 16.2. The van der Waals surface area contributed by atoms with Gasteiger partial charge in [-0.05, 0) is 30.3 Å². The van der Waals surface area contributed by atoms with Crippen LogP contribution in [0.5, 0.6) is 5.88 Å². The second-order valence-electron chi connectivity index (χ2n) is 6.63. The van der Waals surface area contributed by atoms with E-state index in [4.69, 9.17) is 20.8 Å². The van der Waals surface area contributed by atoms with Crippen LogP contribution in [0.3, 0.4) is 0 Å². The van der Waals surface area contributed by atoms with Crippen molar-refractivity contribution in [2.24, 2.45) is 0 Å². The minimum atomic E-state index is 0.290. The molecule has 4 heterocycles. The summed E-state index contributed by atoms with van der Waals surface area (Å²) in [5.74, 6) is 2.10. The molecule has 0 atom stereocenters. The fourth-order valence-electron chi connectivity index (χ4n) is 3.08. The lowest BCUT2D eigenvalue weighted by Gasteiger charge is -2.10. The molecule has 0 amide bonds. The number of methoxy groups -OCH3 is 1. The van der Waals surface area contributed by atoms with Crippen molar-refractivity contribution >= 4 is 23.8 Å². The smallest absolute Gasteiger partial charge is 0.248 e. The molecule has 0 saturated heterocycles. The summed E-state index contributed by atoms with van der Waals surface area (Å²) >= 11 is 6.47. The summed E-state index contributed by atoms with van der Waals surface area (Å²) in [6.07, 6.45) is 8.05. The Morgan fingerprint density at radius 1 is 0.970 bits per heavy atom. The van der Waals surface area contributed by atoms with Gasteiger partial charge >= 0.3 is 0 Å². The predicted octanol–water partition coefficient (Wildman–Crippen LogP) is 4.00. The molecular formula is C22H15ClN8O2. The Hall–Kier alpha value is -4.44. The minimum Gasteiger partial charge on any atom is -0.481 e. The van der Waals surface area contributed by atoms with E-state index in [1.807, 2.05) is 18.2 Å². The molecule has 4 aromatic heterocycles. The molecule has 0 aliphatic carbocycles. The van der Waals surface area contributed by atoms with Crippen molar-refractivity contribution in [1.29, 1.82) is 0 Å². The number of hydrogen-bond donors (Lipinski definition) is 0. The van der Waals surface area contributed by atoms with Gasteiger partial charge in [0.1, 0.15) is 12.0 Å². The molecular weight excluding hydrogens is 444 g/mol. The van der Waals surface area contributed by atoms with E-state index in [0.717, 1.165) is 0 Å². The molecule has 33 heavy (non-hydrogen) atoms. The highest BCUT2D eigenvalue weighted by Crippen LogP contribution is 2.27. The van der Waals surface area contributed by atoms with Crippen molar-refractivity contribution in [2.75, 3.05) is 7.11 Å². The van der Waals surface area contributed by atoms with Crippen LogP contribution >= 0.6 is 11.6 Å². The first-order valence-electron chi connectivity index (χ1n) is 9.71. The van der Waals surface area contributed by atoms with Gasteiger partial charge in [0, 0.05) is 30.1 Å². The summed E-state index contributed by atoms with van der Waals surface area (Å²) in [6, 6.07) is 12.6. The summed E-state index contributed by atoms with van der Waals surface area (Å²) < 4.78 is 12.7. The van der Waals surface area contributed by atoms with Crippen molar-refractivity contribution in [2.45, 2.75) is 0 Å². The van der Waals surface area contributed by atoms with Gasteiger partial charge in [0.2, 0.25) is 17.7 Å². The maximum Gasteiger partial charge on any atom is 0.248 e. The number of pyridine rings is 1. The molecule has 1 aromatic carbocycles. The molecule has 0 saturated carbocycles. The largest absolute Gasteiger partial charge is 0.481 e. The Balaban J connectivity index is 1.52. The molecule has 0 aliphatic rings. The number of para-hydroxylation sites is 1. The Morgan fingerprint density at radius 2 is 1.88 bits per heavy atom. The normalized spacial score (nSPS) is 11.2. The molecule has 10 nitrogen and oxygen atoms in total. The van der Waals surface area contributed by atoms with Gasteiger partial charge in [0.25, 0.3) is 0 Å². The number of hydrogen-bond acceptors (Lipinski definition) is 9. The lowest BCUT2D eigenvalue weighted by molar-refractivity contribution is 0.398. The standard InChI is InChI=1S/C22H15ClN8O2/c1-32-20-12-14(8-11-25-20)22-30-28-19(33-22)7-6-18-27-29-21(16-9-10-24-13-26-16)31(18)17-5-3-2-4-15(17)23/h2-13H,1H3/b7-6+. The van der Waals surface area contributed by atoms with Crippen molar-refractivity contribution in [3.05, 3.63) is 77.9 Å². The van der Waals surface area contributed by atoms with Crippen LogP contribution < -0.4 is 4.74 Å². The number of benzene rings is 1. The zero-order valence-corrected chi connectivity index (χ0v) is 18.0. The van der Waals surface area contributed by atoms with Crippen LogP contribution in [-0.4, -0.2) is 47.0 Å². The fraction of sp³-hybridized carbons (Fsp3) is 0.0455. The van der Waals surface area contributed by atoms with E-state index >= 15 is 0 Å². The van der Waals surface area contributed by atoms with Gasteiger partial charge in [-0.2, -0.15) is 0 Å². The summed E-state index contributed by atoms with van der Waals surface area (Å²) in [7, 11) is 1.54. The van der Waals surface area contributed by atoms with Gasteiger partial charge in [-0.15, -0.1) is 20.4 Å². The van der Waals surface area contributed by atoms with E-state index in [2.05, 4.69) is 35.3 Å². The van der Waals surface area contributed by atoms with Crippen LogP contribution in [-0.2, 0) is 0 Å². The summed E-state index contributed by atoms with van der Waals surface area (Å²) in [6.45, 7) is 0. The maximum atomic E-state index is 6.47. The van der Waals surface area contributed by atoms with E-state index in [-0.39, 0.29) is 5.89 Å². The molecule has 0 aliphatic heterocycles. The second kappa shape index (κ2) is 8.97. The minimum absolute atomic E-state index is 0.290. The molecule has 5 aromatic rings. The molecule has 0 spiro atoms. The van der Waals surface area contributed by atoms with E-state index in [0.29, 0.717) is 45.4 Å². The van der Waals surface area contributed by atoms with Crippen LogP contribution in [0.4, 0.5) is 0 Å². The van der Waals surface area contributed by atoms with Gasteiger partial charge < -0.3 is 9.15 Å². The Labute approximate surface area is 192 Å². The number of aromatic nitrogens is 8. The number of halogens is 1. The molecule has 0 unspecified atom stereocenters. The molecule has 0 bridgehead atoms. The molecule has 11 heteroatoms. The summed E-state index contributed by atoms with van der Waals surface area (Å²) in [5, 5.41) is 17.3. The van der Waals surface area contributed by atoms with E-state index in [1.54, 1.807) is 60.5 Å². The number of ether oxygens (including phenoxy) is 1. The topological polar surface area (TPSA) is 118 Å². The average molecular weight is 459 g/mol. The van der Waals surface area contributed by atoms with Gasteiger partial charge in [-0.3, -0.25) is 4.57 Å². The van der Waals surface area contributed by atoms with Crippen molar-refractivity contribution in [3.63, 3.8) is 0 Å². The van der Waals surface area contributed by atoms with Crippen LogP contribution in [0.25, 0.3) is 40.8 Å². The Morgan fingerprint density at radius 3 is 2.70 bits per heavy atom. The molecule has 0 fully saturated rings. The first kappa shape index (κ1) is 20.5. The lowest BCUT2D eigenvalue weighted by Crippen LogP contribution is -2.02. The third kappa shape index (κ3) is 4.19. The van der Waals surface area contributed by atoms with Crippen molar-refractivity contribution in [1.82, 2.24) is 39.9 Å². The fourth-order valence-corrected chi connectivity index (χ4v) is 3.30. The monoisotopic (exact) mass is 458 g/mol. The number of nitrogens with zero attached hydrogens (tertiary/aromatic N) is 8. The van der Waals surface area contributed by atoms with Crippen LogP contribution in [0.1, 0.15) is 11.7 Å². The molecule has 0 radical (unpaired) electrons. The van der Waals surface area contributed by atoms with Gasteiger partial charge in [0.15, 0.2) is 11.6 Å². The van der Waals surface area contributed by atoms with Gasteiger partial charge in [-0.1, -0.05) is 23.7 Å². The van der Waals surface area contributed by atoms with Crippen molar-refractivity contribution in [3.8, 4) is 34.5 Å². The predicted molar refractivity (Wildman–Crippen MR) is 120 cm³/mol. The number of rotatable bonds is 6. The van der Waals surface area contributed by atoms with E-state index in [1.165, 1.54) is 6.33 Å². The SMILES string of the molecule is COc1cc(-c2nnc(/C=C/c3nnc(-c4ccncn4)n3-c3ccccc3Cl)o2)ccn1. The second-order valence-corrected chi connectivity index (χ2v) is 7.04.